The summed E-state index contributed by atoms with van der Waals surface area (Å²) in [7, 11) is 4.84. The van der Waals surface area contributed by atoms with Crippen LogP contribution in [0.5, 0.6) is 0 Å². The molecule has 148 valence electrons. The summed E-state index contributed by atoms with van der Waals surface area (Å²) in [5.41, 5.74) is 5.29. The monoisotopic (exact) mass is 393 g/mol. The minimum atomic E-state index is -0.0171. The normalized spacial score (nSPS) is 17.5. The Balaban J connectivity index is 1.80. The van der Waals surface area contributed by atoms with Crippen molar-refractivity contribution in [3.05, 3.63) is 83.1 Å². The van der Waals surface area contributed by atoms with Gasteiger partial charge in [0.1, 0.15) is 0 Å². The van der Waals surface area contributed by atoms with E-state index in [4.69, 9.17) is 0 Å². The average molecular weight is 394 g/mol. The predicted molar refractivity (Wildman–Crippen MR) is 125 cm³/mol. The second-order valence-electron chi connectivity index (χ2n) is 8.60. The van der Waals surface area contributed by atoms with Gasteiger partial charge >= 0.3 is 0 Å². The van der Waals surface area contributed by atoms with Crippen molar-refractivity contribution in [2.45, 2.75) is 38.8 Å². The molecule has 3 heteroatoms. The molecule has 2 atom stereocenters. The first kappa shape index (κ1) is 20.7. The molecule has 0 saturated heterocycles. The topological polar surface area (TPSA) is 23.5 Å². The Morgan fingerprint density at radius 3 is 2.46 bits per heavy atom. The molecular formula is C25H32NOP. The number of nitrogens with zero attached hydrogens (tertiary/aromatic N) is 1. The predicted octanol–water partition coefficient (Wildman–Crippen LogP) is 5.77. The lowest BCUT2D eigenvalue weighted by atomic mass is 9.82. The first-order valence-electron chi connectivity index (χ1n) is 9.95. The zero-order valence-electron chi connectivity index (χ0n) is 17.7. The van der Waals surface area contributed by atoms with Crippen molar-refractivity contribution >= 4 is 19.6 Å². The van der Waals surface area contributed by atoms with Crippen molar-refractivity contribution < 1.29 is 5.11 Å². The maximum absolute atomic E-state index is 10.7. The largest absolute Gasteiger partial charge is 0.512 e. The molecule has 1 aliphatic rings. The van der Waals surface area contributed by atoms with Gasteiger partial charge in [-0.2, -0.15) is 0 Å². The quantitative estimate of drug-likeness (QED) is 0.630. The van der Waals surface area contributed by atoms with Crippen molar-refractivity contribution in [1.82, 2.24) is 0 Å². The van der Waals surface area contributed by atoms with E-state index in [2.05, 4.69) is 94.4 Å². The summed E-state index contributed by atoms with van der Waals surface area (Å²) in [5.74, 6) is 0.665. The highest BCUT2D eigenvalue weighted by molar-refractivity contribution is 7.49. The fraction of sp³-hybridized carbons (Fsp3) is 0.360. The summed E-state index contributed by atoms with van der Waals surface area (Å²) in [6, 6.07) is 17.3. The van der Waals surface area contributed by atoms with Crippen LogP contribution in [0.4, 0.5) is 5.69 Å². The first-order valence-corrected chi connectivity index (χ1v) is 10.9. The summed E-state index contributed by atoms with van der Waals surface area (Å²) >= 11 is 0. The molecule has 0 bridgehead atoms. The lowest BCUT2D eigenvalue weighted by molar-refractivity contribution is 0.290. The van der Waals surface area contributed by atoms with Crippen LogP contribution < -0.4 is 10.2 Å². The van der Waals surface area contributed by atoms with Gasteiger partial charge in [0.2, 0.25) is 0 Å². The minimum Gasteiger partial charge on any atom is -0.512 e. The number of aliphatic hydroxyl groups excluding tert-OH is 1. The number of anilines is 1. The maximum atomic E-state index is 10.7. The van der Waals surface area contributed by atoms with E-state index in [0.717, 1.165) is 12.8 Å². The summed E-state index contributed by atoms with van der Waals surface area (Å²) < 4.78 is 0. The second kappa shape index (κ2) is 8.53. The molecule has 0 saturated carbocycles. The van der Waals surface area contributed by atoms with E-state index < -0.39 is 0 Å². The van der Waals surface area contributed by atoms with Crippen LogP contribution in [0.1, 0.15) is 31.4 Å². The molecule has 0 spiro atoms. The van der Waals surface area contributed by atoms with Crippen LogP contribution in [0.2, 0.25) is 0 Å². The lowest BCUT2D eigenvalue weighted by Gasteiger charge is -2.37. The van der Waals surface area contributed by atoms with Crippen molar-refractivity contribution in [2.75, 3.05) is 19.0 Å². The van der Waals surface area contributed by atoms with E-state index in [1.54, 1.807) is 0 Å². The third-order valence-electron chi connectivity index (χ3n) is 5.55. The van der Waals surface area contributed by atoms with E-state index in [1.807, 2.05) is 6.08 Å². The van der Waals surface area contributed by atoms with Crippen LogP contribution in [0.25, 0.3) is 0 Å². The Morgan fingerprint density at radius 2 is 1.79 bits per heavy atom. The molecule has 2 nitrogen and oxygen atoms in total. The number of hydrogen-bond acceptors (Lipinski definition) is 2. The summed E-state index contributed by atoms with van der Waals surface area (Å²) in [5, 5.41) is 12.1. The van der Waals surface area contributed by atoms with Crippen molar-refractivity contribution in [3.8, 4) is 0 Å². The Morgan fingerprint density at radius 1 is 1.07 bits per heavy atom. The van der Waals surface area contributed by atoms with Crippen LogP contribution in [0.3, 0.4) is 0 Å². The molecule has 0 radical (unpaired) electrons. The van der Waals surface area contributed by atoms with E-state index in [-0.39, 0.29) is 11.1 Å². The maximum Gasteiger partial charge on any atom is 0.0965 e. The van der Waals surface area contributed by atoms with Gasteiger partial charge in [0.15, 0.2) is 0 Å². The third kappa shape index (κ3) is 4.86. The van der Waals surface area contributed by atoms with Gasteiger partial charge in [0.25, 0.3) is 0 Å². The smallest absolute Gasteiger partial charge is 0.0965 e. The van der Waals surface area contributed by atoms with Gasteiger partial charge in [0.05, 0.1) is 5.76 Å². The Kier molecular flexibility index (Phi) is 6.30. The molecule has 28 heavy (non-hydrogen) atoms. The molecule has 0 amide bonds. The van der Waals surface area contributed by atoms with E-state index in [9.17, 15) is 5.11 Å². The zero-order chi connectivity index (χ0) is 20.3. The van der Waals surface area contributed by atoms with Gasteiger partial charge in [-0.25, -0.2) is 0 Å². The second-order valence-corrected chi connectivity index (χ2v) is 10.7. The summed E-state index contributed by atoms with van der Waals surface area (Å²) in [4.78, 5) is 2.20. The molecule has 1 aliphatic carbocycles. The molecule has 2 aromatic carbocycles. The van der Waals surface area contributed by atoms with Gasteiger partial charge in [-0.1, -0.05) is 76.5 Å². The van der Waals surface area contributed by atoms with Crippen LogP contribution in [0.15, 0.2) is 72.0 Å². The fourth-order valence-electron chi connectivity index (χ4n) is 3.92. The van der Waals surface area contributed by atoms with Crippen molar-refractivity contribution in [3.63, 3.8) is 0 Å². The molecule has 2 unspecified atom stereocenters. The van der Waals surface area contributed by atoms with Crippen LogP contribution in [-0.2, 0) is 6.42 Å². The molecular weight excluding hydrogens is 361 g/mol. The molecule has 2 aromatic rings. The first-order chi connectivity index (χ1) is 13.3. The molecule has 0 aliphatic heterocycles. The highest BCUT2D eigenvalue weighted by Gasteiger charge is 2.35. The van der Waals surface area contributed by atoms with E-state index in [1.165, 1.54) is 27.7 Å². The van der Waals surface area contributed by atoms with Crippen molar-refractivity contribution in [1.29, 1.82) is 0 Å². The Hall–Kier alpha value is -2.05. The van der Waals surface area contributed by atoms with Gasteiger partial charge < -0.3 is 10.0 Å². The zero-order valence-corrected chi connectivity index (χ0v) is 18.7. The number of rotatable bonds is 6. The number of allylic oxidation sites excluding steroid dienone is 4. The standard InChI is InChI=1S/C25H32NOP/c1-18-11-14-24(22(15-18)26(4)5)28-25(2,3)21-17-20(12-13-23(21)27)16-19-9-7-6-8-10-19/h6-15,21,27-28H,16-17H2,1-5H3. The molecule has 1 N–H and O–H groups in total. The Labute approximate surface area is 171 Å². The number of aryl methyl sites for hydroxylation is 1. The highest BCUT2D eigenvalue weighted by atomic mass is 31.1. The molecule has 0 heterocycles. The van der Waals surface area contributed by atoms with Gasteiger partial charge in [-0.3, -0.25) is 0 Å². The molecule has 0 aromatic heterocycles. The summed E-state index contributed by atoms with van der Waals surface area (Å²) in [6.07, 6.45) is 5.89. The Bertz CT molecular complexity index is 881. The van der Waals surface area contributed by atoms with Crippen molar-refractivity contribution in [2.24, 2.45) is 5.92 Å². The van der Waals surface area contributed by atoms with Crippen LogP contribution in [-0.4, -0.2) is 24.4 Å². The highest BCUT2D eigenvalue weighted by Crippen LogP contribution is 2.46. The van der Waals surface area contributed by atoms with E-state index in [0.29, 0.717) is 14.3 Å². The minimum absolute atomic E-state index is 0.0171. The van der Waals surface area contributed by atoms with Crippen LogP contribution in [0, 0.1) is 12.8 Å². The van der Waals surface area contributed by atoms with Gasteiger partial charge in [-0.05, 0) is 53.5 Å². The van der Waals surface area contributed by atoms with Gasteiger partial charge in [-0.15, -0.1) is 0 Å². The SMILES string of the molecule is Cc1ccc(PC(C)(C)C2CC(Cc3ccccc3)=CC=C2O)c(N(C)C)c1. The third-order valence-corrected chi connectivity index (χ3v) is 7.24. The summed E-state index contributed by atoms with van der Waals surface area (Å²) in [6.45, 7) is 6.73. The molecule has 0 fully saturated rings. The number of aliphatic hydroxyl groups is 1. The number of benzene rings is 2. The van der Waals surface area contributed by atoms with Gasteiger partial charge in [0, 0.05) is 25.7 Å². The average Bonchev–Trinajstić information content (AvgIpc) is 2.65. The number of hydrogen-bond donors (Lipinski definition) is 1. The van der Waals surface area contributed by atoms with E-state index >= 15 is 0 Å². The fourth-order valence-corrected chi connectivity index (χ4v) is 5.63. The molecule has 3 rings (SSSR count). The van der Waals surface area contributed by atoms with Crippen LogP contribution >= 0.6 is 8.58 Å². The lowest BCUT2D eigenvalue weighted by Crippen LogP contribution is -2.32.